The molecule has 0 radical (unpaired) electrons. The van der Waals surface area contributed by atoms with E-state index in [-0.39, 0.29) is 69.0 Å². The van der Waals surface area contributed by atoms with Gasteiger partial charge in [0.25, 0.3) is 0 Å². The van der Waals surface area contributed by atoms with Crippen molar-refractivity contribution in [1.29, 1.82) is 0 Å². The van der Waals surface area contributed by atoms with E-state index in [1.165, 1.54) is 38.8 Å². The van der Waals surface area contributed by atoms with Crippen LogP contribution < -0.4 is 11.5 Å². The van der Waals surface area contributed by atoms with E-state index in [1.807, 2.05) is 0 Å². The second-order valence-electron chi connectivity index (χ2n) is 11.9. The van der Waals surface area contributed by atoms with Gasteiger partial charge in [-0.2, -0.15) is 0 Å². The van der Waals surface area contributed by atoms with Crippen molar-refractivity contribution < 1.29 is 69.5 Å². The van der Waals surface area contributed by atoms with Gasteiger partial charge in [-0.05, 0) is 74.9 Å². The fraction of sp³-hybridized carbons (Fsp3) is 0.389. The number of Topliss-reactive ketones (excluding diaryl/α,β-unsaturated/α-hetero) is 2. The predicted molar refractivity (Wildman–Crippen MR) is 174 cm³/mol. The summed E-state index contributed by atoms with van der Waals surface area (Å²) in [7, 11) is 0. The van der Waals surface area contributed by atoms with Crippen LogP contribution in [0.25, 0.3) is 0 Å². The first-order valence-electron chi connectivity index (χ1n) is 15.7. The Bertz CT molecular complexity index is 1480. The molecule has 266 valence electrons. The number of benzene rings is 2. The van der Waals surface area contributed by atoms with Crippen molar-refractivity contribution in [2.75, 3.05) is 0 Å². The Hall–Kier alpha value is -4.25. The number of allylic oxidation sites excluding steroid dienone is 4. The van der Waals surface area contributed by atoms with Gasteiger partial charge in [0, 0.05) is 58.1 Å². The molecular weight excluding hydrogens is 815 g/mol. The van der Waals surface area contributed by atoms with E-state index in [4.69, 9.17) is 20.9 Å². The molecule has 1 fully saturated rings. The normalized spacial score (nSPS) is 21.6. The number of nitrogens with two attached hydrogens (primary N) is 2. The van der Waals surface area contributed by atoms with Crippen LogP contribution in [-0.4, -0.2) is 57.4 Å². The third-order valence-corrected chi connectivity index (χ3v) is 7.91. The summed E-state index contributed by atoms with van der Waals surface area (Å²) < 4.78 is 9.60. The molecule has 1 aliphatic carbocycles. The second kappa shape index (κ2) is 19.7. The minimum Gasteiger partial charge on any atom is -0.508 e. The third-order valence-electron chi connectivity index (χ3n) is 7.91. The van der Waals surface area contributed by atoms with Gasteiger partial charge in [0.05, 0.1) is 0 Å². The quantitative estimate of drug-likeness (QED) is 0.223. The molecule has 1 saturated carbocycles. The van der Waals surface area contributed by atoms with Gasteiger partial charge in [-0.3, -0.25) is 28.8 Å². The van der Waals surface area contributed by atoms with Crippen LogP contribution in [0, 0.1) is 11.8 Å². The van der Waals surface area contributed by atoms with Crippen molar-refractivity contribution in [1.82, 2.24) is 0 Å². The van der Waals surface area contributed by atoms with Crippen molar-refractivity contribution in [3.63, 3.8) is 0 Å². The Morgan fingerprint density at radius 1 is 0.694 bits per heavy atom. The van der Waals surface area contributed by atoms with Crippen LogP contribution in [0.3, 0.4) is 0 Å². The average molecular weight is 858 g/mol. The van der Waals surface area contributed by atoms with E-state index >= 15 is 0 Å². The molecule has 2 unspecified atom stereocenters. The molecule has 4 atom stereocenters. The Kier molecular flexibility index (Phi) is 16.4. The number of aromatic hydroxyl groups is 2. The summed E-state index contributed by atoms with van der Waals surface area (Å²) in [5.74, 6) is -5.67. The van der Waals surface area contributed by atoms with Crippen LogP contribution in [0.15, 0.2) is 72.2 Å². The molecule has 2 aromatic carbocycles. The fourth-order valence-electron chi connectivity index (χ4n) is 5.31. The van der Waals surface area contributed by atoms with Crippen LogP contribution in [-0.2, 0) is 72.1 Å². The molecule has 0 bridgehead atoms. The molecule has 5 rings (SSSR count). The summed E-state index contributed by atoms with van der Waals surface area (Å²) in [5.41, 5.74) is 12.8. The van der Waals surface area contributed by atoms with Gasteiger partial charge in [0.15, 0.2) is 35.0 Å². The zero-order valence-electron chi connectivity index (χ0n) is 27.4. The summed E-state index contributed by atoms with van der Waals surface area (Å²) >= 11 is 0. The first-order chi connectivity index (χ1) is 22.7. The predicted octanol–water partition coefficient (Wildman–Crippen LogP) is 3.29. The van der Waals surface area contributed by atoms with Gasteiger partial charge < -0.3 is 31.2 Å². The van der Waals surface area contributed by atoms with E-state index in [9.17, 15) is 39.0 Å². The van der Waals surface area contributed by atoms with Crippen molar-refractivity contribution in [3.05, 3.63) is 83.3 Å². The maximum Gasteiger partial charge on any atom is 0.329 e. The maximum absolute atomic E-state index is 12.0. The van der Waals surface area contributed by atoms with E-state index in [0.29, 0.717) is 12.8 Å². The second-order valence-corrected chi connectivity index (χ2v) is 11.9. The first-order valence-corrected chi connectivity index (χ1v) is 15.7. The Morgan fingerprint density at radius 3 is 1.37 bits per heavy atom. The topological polar surface area (TPSA) is 213 Å². The molecule has 2 aromatic rings. The fourth-order valence-corrected chi connectivity index (χ4v) is 5.31. The van der Waals surface area contributed by atoms with E-state index < -0.39 is 46.9 Å². The van der Waals surface area contributed by atoms with Gasteiger partial charge in [-0.15, -0.1) is 0 Å². The van der Waals surface area contributed by atoms with E-state index in [2.05, 4.69) is 0 Å². The zero-order valence-corrected chi connectivity index (χ0v) is 29.6. The molecule has 6 N–H and O–H groups in total. The van der Waals surface area contributed by atoms with Crippen LogP contribution in [0.4, 0.5) is 0 Å². The SMILES string of the molecule is CC1=CC(=O)C(C(=O)CCc2cccc(O)c2)C(=O)O1.CC1=CC(=O)C(C(=O)CCc2cccc(O)c2)C(=O)O1.N[C@@H]1CCCC[C@@H]1N.[Pt]. The van der Waals surface area contributed by atoms with Crippen LogP contribution in [0.5, 0.6) is 11.5 Å². The number of ketones is 4. The van der Waals surface area contributed by atoms with Gasteiger partial charge in [-0.25, -0.2) is 0 Å². The smallest absolute Gasteiger partial charge is 0.329 e. The number of hydrogen-bond donors (Lipinski definition) is 4. The average Bonchev–Trinajstić information content (AvgIpc) is 3.00. The van der Waals surface area contributed by atoms with E-state index in [0.717, 1.165) is 36.1 Å². The summed E-state index contributed by atoms with van der Waals surface area (Å²) in [6.45, 7) is 2.98. The first kappa shape index (κ1) is 40.9. The number of phenolic OH excluding ortho intramolecular Hbond substituents is 2. The molecule has 12 nitrogen and oxygen atoms in total. The number of phenols is 2. The maximum atomic E-state index is 12.0. The molecule has 13 heteroatoms. The Labute approximate surface area is 299 Å². The van der Waals surface area contributed by atoms with Gasteiger partial charge in [-0.1, -0.05) is 37.1 Å². The van der Waals surface area contributed by atoms with Crippen molar-refractivity contribution in [2.45, 2.75) is 77.3 Å². The van der Waals surface area contributed by atoms with E-state index in [1.54, 1.807) is 36.4 Å². The van der Waals surface area contributed by atoms with Crippen LogP contribution in [0.1, 0.15) is 63.5 Å². The minimum absolute atomic E-state index is 0. The number of rotatable bonds is 8. The summed E-state index contributed by atoms with van der Waals surface area (Å²) in [6, 6.07) is 13.6. The monoisotopic (exact) mass is 857 g/mol. The minimum atomic E-state index is -1.35. The summed E-state index contributed by atoms with van der Waals surface area (Å²) in [6.07, 6.45) is 7.92. The van der Waals surface area contributed by atoms with Gasteiger partial charge >= 0.3 is 11.9 Å². The number of cyclic esters (lactones) is 2. The molecule has 3 aliphatic rings. The molecule has 49 heavy (non-hydrogen) atoms. The van der Waals surface area contributed by atoms with Crippen molar-refractivity contribution >= 4 is 35.1 Å². The number of esters is 2. The van der Waals surface area contributed by atoms with Crippen molar-refractivity contribution in [3.8, 4) is 11.5 Å². The van der Waals surface area contributed by atoms with Crippen LogP contribution >= 0.6 is 0 Å². The number of carbonyl (C=O) groups excluding carboxylic acids is 6. The standard InChI is InChI=1S/2C15H14O5.C6H14N2.Pt/c2*1-9-7-13(18)14(15(19)20-9)12(17)6-5-10-3-2-4-11(16)8-10;7-5-3-1-2-4-6(5)8;/h2*2-4,7-8,14,16H,5-6H2,1H3;5-6H,1-4,7-8H2;/t;;5-,6+;. The van der Waals surface area contributed by atoms with Crippen molar-refractivity contribution in [2.24, 2.45) is 23.3 Å². The summed E-state index contributed by atoms with van der Waals surface area (Å²) in [4.78, 5) is 70.5. The number of aryl methyl sites for hydroxylation is 2. The molecule has 0 amide bonds. The Balaban J connectivity index is 0.000000274. The number of hydrogen-bond acceptors (Lipinski definition) is 12. The molecular formula is C36H42N2O10Pt. The molecule has 0 saturated heterocycles. The third kappa shape index (κ3) is 12.9. The molecule has 0 aromatic heterocycles. The molecule has 0 spiro atoms. The largest absolute Gasteiger partial charge is 0.508 e. The molecule has 2 heterocycles. The zero-order chi connectivity index (χ0) is 35.4. The Morgan fingerprint density at radius 2 is 1.06 bits per heavy atom. The van der Waals surface area contributed by atoms with Crippen LogP contribution in [0.2, 0.25) is 0 Å². The molecule has 2 aliphatic heterocycles. The van der Waals surface area contributed by atoms with Gasteiger partial charge in [0.1, 0.15) is 23.0 Å². The number of ether oxygens (including phenoxy) is 2. The van der Waals surface area contributed by atoms with Gasteiger partial charge in [0.2, 0.25) is 0 Å². The number of carbonyl (C=O) groups is 6. The summed E-state index contributed by atoms with van der Waals surface area (Å²) in [5, 5.41) is 18.6.